The highest BCUT2D eigenvalue weighted by atomic mass is 16.6. The van der Waals surface area contributed by atoms with Crippen LogP contribution in [0.4, 0.5) is 11.4 Å². The van der Waals surface area contributed by atoms with Crippen LogP contribution in [0.25, 0.3) is 10.8 Å². The van der Waals surface area contributed by atoms with Crippen molar-refractivity contribution in [1.82, 2.24) is 4.98 Å². The van der Waals surface area contributed by atoms with Gasteiger partial charge in [0.05, 0.1) is 10.3 Å². The van der Waals surface area contributed by atoms with Crippen molar-refractivity contribution in [1.29, 1.82) is 0 Å². The Balaban J connectivity index is 2.06. The molecule has 3 N–H and O–H groups in total. The molecule has 1 aromatic heterocycles. The van der Waals surface area contributed by atoms with Gasteiger partial charge in [-0.2, -0.15) is 0 Å². The number of fused-ring (bicyclic) bond motifs is 1. The molecule has 1 aliphatic rings. The molecule has 0 aliphatic heterocycles. The van der Waals surface area contributed by atoms with Crippen molar-refractivity contribution in [2.24, 2.45) is 5.73 Å². The van der Waals surface area contributed by atoms with Gasteiger partial charge in [-0.15, -0.1) is 0 Å². The fourth-order valence-corrected chi connectivity index (χ4v) is 2.61. The molecule has 0 radical (unpaired) electrons. The van der Waals surface area contributed by atoms with Crippen LogP contribution in [0.5, 0.6) is 0 Å². The second-order valence-corrected chi connectivity index (χ2v) is 5.33. The van der Waals surface area contributed by atoms with E-state index < -0.39 is 0 Å². The summed E-state index contributed by atoms with van der Waals surface area (Å²) in [7, 11) is 0. The summed E-state index contributed by atoms with van der Waals surface area (Å²) in [5.74, 6) is 0. The summed E-state index contributed by atoms with van der Waals surface area (Å²) in [5.41, 5.74) is 7.62. The molecule has 1 fully saturated rings. The largest absolute Gasteiger partial charge is 0.382 e. The Labute approximate surface area is 116 Å². The van der Waals surface area contributed by atoms with Crippen LogP contribution in [0.15, 0.2) is 24.4 Å². The summed E-state index contributed by atoms with van der Waals surface area (Å²) in [6.45, 7) is 1.88. The van der Waals surface area contributed by atoms with Crippen LogP contribution in [0.3, 0.4) is 0 Å². The third-order valence-corrected chi connectivity index (χ3v) is 3.75. The number of nitrogens with one attached hydrogen (secondary N) is 1. The predicted molar refractivity (Wildman–Crippen MR) is 77.8 cm³/mol. The zero-order valence-corrected chi connectivity index (χ0v) is 11.2. The van der Waals surface area contributed by atoms with Crippen LogP contribution in [0.1, 0.15) is 18.5 Å². The van der Waals surface area contributed by atoms with Crippen LogP contribution in [-0.4, -0.2) is 22.0 Å². The first kappa shape index (κ1) is 12.8. The second-order valence-electron chi connectivity index (χ2n) is 5.33. The highest BCUT2D eigenvalue weighted by Gasteiger charge is 2.26. The molecule has 0 spiro atoms. The van der Waals surface area contributed by atoms with Gasteiger partial charge in [0, 0.05) is 41.1 Å². The van der Waals surface area contributed by atoms with Crippen LogP contribution < -0.4 is 11.1 Å². The average molecular weight is 272 g/mol. The van der Waals surface area contributed by atoms with Gasteiger partial charge in [-0.25, -0.2) is 0 Å². The number of pyridine rings is 1. The van der Waals surface area contributed by atoms with Gasteiger partial charge < -0.3 is 11.1 Å². The standard InChI is InChI=1S/C14H16N4O2/c1-8-4-11-12(7-16-8)14(18(19)20)3-2-13(11)17-10-5-9(15)6-10/h2-4,7,9-10,17H,5-6,15H2,1H3. The molecule has 104 valence electrons. The van der Waals surface area contributed by atoms with Crippen molar-refractivity contribution in [3.8, 4) is 0 Å². The topological polar surface area (TPSA) is 94.1 Å². The SMILES string of the molecule is Cc1cc2c(NC3CC(N)C3)ccc([N+](=O)[O-])c2cn1. The number of nitrogens with zero attached hydrogens (tertiary/aromatic N) is 2. The zero-order chi connectivity index (χ0) is 14.3. The van der Waals surface area contributed by atoms with Crippen LogP contribution in [0.2, 0.25) is 0 Å². The Morgan fingerprint density at radius 1 is 1.40 bits per heavy atom. The number of anilines is 1. The first-order valence-electron chi connectivity index (χ1n) is 6.60. The van der Waals surface area contributed by atoms with E-state index in [1.807, 2.05) is 13.0 Å². The third-order valence-electron chi connectivity index (χ3n) is 3.75. The Kier molecular flexibility index (Phi) is 3.02. The van der Waals surface area contributed by atoms with Gasteiger partial charge >= 0.3 is 0 Å². The lowest BCUT2D eigenvalue weighted by Crippen LogP contribution is -2.44. The average Bonchev–Trinajstić information content (AvgIpc) is 2.36. The molecule has 1 aromatic carbocycles. The summed E-state index contributed by atoms with van der Waals surface area (Å²) in [6.07, 6.45) is 3.44. The number of nitro groups is 1. The second kappa shape index (κ2) is 4.72. The fraction of sp³-hybridized carbons (Fsp3) is 0.357. The monoisotopic (exact) mass is 272 g/mol. The molecular weight excluding hydrogens is 256 g/mol. The smallest absolute Gasteiger partial charge is 0.278 e. The first-order valence-corrected chi connectivity index (χ1v) is 6.60. The van der Waals surface area contributed by atoms with Gasteiger partial charge in [0.25, 0.3) is 5.69 Å². The van der Waals surface area contributed by atoms with Crippen LogP contribution in [-0.2, 0) is 0 Å². The number of hydrogen-bond acceptors (Lipinski definition) is 5. The van der Waals surface area contributed by atoms with Gasteiger partial charge in [0.15, 0.2) is 0 Å². The van der Waals surface area contributed by atoms with E-state index in [0.717, 1.165) is 29.6 Å². The number of rotatable bonds is 3. The third kappa shape index (κ3) is 2.18. The van der Waals surface area contributed by atoms with Crippen molar-refractivity contribution >= 4 is 22.1 Å². The number of aromatic nitrogens is 1. The number of hydrogen-bond donors (Lipinski definition) is 2. The fourth-order valence-electron chi connectivity index (χ4n) is 2.61. The van der Waals surface area contributed by atoms with Gasteiger partial charge in [-0.05, 0) is 31.9 Å². The van der Waals surface area contributed by atoms with Gasteiger partial charge in [0.1, 0.15) is 0 Å². The maximum Gasteiger partial charge on any atom is 0.278 e. The molecule has 3 rings (SSSR count). The molecule has 2 aromatic rings. The lowest BCUT2D eigenvalue weighted by atomic mass is 9.87. The van der Waals surface area contributed by atoms with Crippen molar-refractivity contribution in [3.05, 3.63) is 40.2 Å². The van der Waals surface area contributed by atoms with Gasteiger partial charge in [-0.1, -0.05) is 0 Å². The number of aryl methyl sites for hydroxylation is 1. The van der Waals surface area contributed by atoms with E-state index in [2.05, 4.69) is 10.3 Å². The summed E-state index contributed by atoms with van der Waals surface area (Å²) >= 11 is 0. The number of non-ortho nitro benzene ring substituents is 1. The Morgan fingerprint density at radius 2 is 2.15 bits per heavy atom. The molecular formula is C14H16N4O2. The summed E-state index contributed by atoms with van der Waals surface area (Å²) in [5, 5.41) is 15.9. The van der Waals surface area contributed by atoms with E-state index in [1.54, 1.807) is 12.3 Å². The summed E-state index contributed by atoms with van der Waals surface area (Å²) in [6, 6.07) is 5.79. The minimum absolute atomic E-state index is 0.0864. The van der Waals surface area contributed by atoms with E-state index in [4.69, 9.17) is 5.73 Å². The maximum absolute atomic E-state index is 11.1. The molecule has 0 atom stereocenters. The van der Waals surface area contributed by atoms with Crippen molar-refractivity contribution < 1.29 is 4.92 Å². The summed E-state index contributed by atoms with van der Waals surface area (Å²) in [4.78, 5) is 14.9. The van der Waals surface area contributed by atoms with Crippen LogP contribution >= 0.6 is 0 Å². The molecule has 0 saturated heterocycles. The molecule has 1 aliphatic carbocycles. The molecule has 0 amide bonds. The molecule has 1 heterocycles. The van der Waals surface area contributed by atoms with Crippen molar-refractivity contribution in [3.63, 3.8) is 0 Å². The highest BCUT2D eigenvalue weighted by molar-refractivity contribution is 5.99. The zero-order valence-electron chi connectivity index (χ0n) is 11.2. The van der Waals surface area contributed by atoms with E-state index in [-0.39, 0.29) is 16.7 Å². The highest BCUT2D eigenvalue weighted by Crippen LogP contribution is 2.33. The minimum atomic E-state index is -0.373. The molecule has 6 nitrogen and oxygen atoms in total. The molecule has 20 heavy (non-hydrogen) atoms. The lowest BCUT2D eigenvalue weighted by molar-refractivity contribution is -0.383. The van der Waals surface area contributed by atoms with Crippen molar-refractivity contribution in [2.75, 3.05) is 5.32 Å². The van der Waals surface area contributed by atoms with Gasteiger partial charge in [-0.3, -0.25) is 15.1 Å². The first-order chi connectivity index (χ1) is 9.54. The maximum atomic E-state index is 11.1. The van der Waals surface area contributed by atoms with Gasteiger partial charge in [0.2, 0.25) is 0 Å². The lowest BCUT2D eigenvalue weighted by Gasteiger charge is -2.34. The normalized spacial score (nSPS) is 21.5. The minimum Gasteiger partial charge on any atom is -0.382 e. The van der Waals surface area contributed by atoms with Crippen molar-refractivity contribution in [2.45, 2.75) is 31.8 Å². The number of nitro benzene ring substituents is 1. The Bertz CT molecular complexity index is 680. The van der Waals surface area contributed by atoms with Crippen LogP contribution in [0, 0.1) is 17.0 Å². The molecule has 6 heteroatoms. The number of benzene rings is 1. The Hall–Kier alpha value is -2.21. The van der Waals surface area contributed by atoms with E-state index in [9.17, 15) is 10.1 Å². The van der Waals surface area contributed by atoms with E-state index in [0.29, 0.717) is 11.4 Å². The molecule has 1 saturated carbocycles. The Morgan fingerprint density at radius 3 is 2.80 bits per heavy atom. The molecule has 0 unspecified atom stereocenters. The quantitative estimate of drug-likeness (QED) is 0.660. The predicted octanol–water partition coefficient (Wildman–Crippen LogP) is 2.35. The number of nitrogens with two attached hydrogens (primary N) is 1. The van der Waals surface area contributed by atoms with E-state index >= 15 is 0 Å². The van der Waals surface area contributed by atoms with E-state index in [1.165, 1.54) is 6.07 Å². The molecule has 0 bridgehead atoms. The summed E-state index contributed by atoms with van der Waals surface area (Å²) < 4.78 is 0.